The van der Waals surface area contributed by atoms with Gasteiger partial charge in [0, 0.05) is 30.2 Å². The van der Waals surface area contributed by atoms with Crippen LogP contribution in [0.2, 0.25) is 0 Å². The van der Waals surface area contributed by atoms with E-state index in [1.807, 2.05) is 42.7 Å². The van der Waals surface area contributed by atoms with Gasteiger partial charge >= 0.3 is 0 Å². The summed E-state index contributed by atoms with van der Waals surface area (Å²) in [5.41, 5.74) is 1.20. The van der Waals surface area contributed by atoms with Crippen LogP contribution >= 0.6 is 0 Å². The van der Waals surface area contributed by atoms with E-state index in [-0.39, 0.29) is 12.4 Å². The van der Waals surface area contributed by atoms with E-state index in [9.17, 15) is 14.0 Å². The Morgan fingerprint density at radius 1 is 1.04 bits per heavy atom. The lowest BCUT2D eigenvalue weighted by Crippen LogP contribution is -2.36. The van der Waals surface area contributed by atoms with Gasteiger partial charge in [-0.25, -0.2) is 4.39 Å². The number of benzene rings is 2. The maximum absolute atomic E-state index is 13.7. The molecule has 2 aromatic carbocycles. The Balaban J connectivity index is 1.83. The molecule has 28 heavy (non-hydrogen) atoms. The molecule has 3 rings (SSSR count). The molecule has 0 fully saturated rings. The van der Waals surface area contributed by atoms with E-state index in [4.69, 9.17) is 4.74 Å². The second kappa shape index (κ2) is 8.69. The predicted molar refractivity (Wildman–Crippen MR) is 106 cm³/mol. The molecular weight excluding hydrogens is 359 g/mol. The summed E-state index contributed by atoms with van der Waals surface area (Å²) in [5.74, 6) is -1.25. The first-order valence-electron chi connectivity index (χ1n) is 9.35. The Hall–Kier alpha value is -3.15. The van der Waals surface area contributed by atoms with E-state index >= 15 is 0 Å². The van der Waals surface area contributed by atoms with E-state index in [2.05, 4.69) is 0 Å². The van der Waals surface area contributed by atoms with Crippen LogP contribution in [0.1, 0.15) is 24.2 Å². The summed E-state index contributed by atoms with van der Waals surface area (Å²) < 4.78 is 21.1. The molecule has 5 nitrogen and oxygen atoms in total. The third kappa shape index (κ3) is 3.91. The summed E-state index contributed by atoms with van der Waals surface area (Å²) in [4.78, 5) is 26.8. The normalized spacial score (nSPS) is 10.8. The van der Waals surface area contributed by atoms with Crippen molar-refractivity contribution in [2.75, 3.05) is 19.7 Å². The molecule has 0 aliphatic carbocycles. The average molecular weight is 382 g/mol. The van der Waals surface area contributed by atoms with Crippen LogP contribution in [0.3, 0.4) is 0 Å². The van der Waals surface area contributed by atoms with E-state index in [1.54, 1.807) is 24.4 Å². The molecule has 0 unspecified atom stereocenters. The second-order valence-electron chi connectivity index (χ2n) is 6.34. The minimum atomic E-state index is -0.520. The van der Waals surface area contributed by atoms with Gasteiger partial charge in [-0.1, -0.05) is 30.3 Å². The zero-order valence-corrected chi connectivity index (χ0v) is 16.0. The van der Waals surface area contributed by atoms with Crippen LogP contribution in [0.4, 0.5) is 4.39 Å². The van der Waals surface area contributed by atoms with Crippen LogP contribution in [-0.2, 0) is 11.3 Å². The highest BCUT2D eigenvalue weighted by atomic mass is 19.1. The van der Waals surface area contributed by atoms with Crippen molar-refractivity contribution >= 4 is 22.6 Å². The molecule has 0 radical (unpaired) electrons. The Morgan fingerprint density at radius 3 is 2.43 bits per heavy atom. The number of ether oxygens (including phenoxy) is 1. The summed E-state index contributed by atoms with van der Waals surface area (Å²) in [7, 11) is 0. The first-order chi connectivity index (χ1) is 13.6. The molecule has 3 aromatic rings. The van der Waals surface area contributed by atoms with Gasteiger partial charge in [0.25, 0.3) is 11.7 Å². The minimum absolute atomic E-state index is 0.187. The van der Waals surface area contributed by atoms with Crippen molar-refractivity contribution in [2.45, 2.75) is 20.4 Å². The van der Waals surface area contributed by atoms with Crippen molar-refractivity contribution in [1.29, 1.82) is 0 Å². The Bertz CT molecular complexity index is 992. The maximum Gasteiger partial charge on any atom is 0.295 e. The molecule has 0 atom stereocenters. The summed E-state index contributed by atoms with van der Waals surface area (Å²) in [5, 5.41) is 0.721. The van der Waals surface area contributed by atoms with Gasteiger partial charge in [-0.2, -0.15) is 0 Å². The number of aromatic nitrogens is 1. The fourth-order valence-corrected chi connectivity index (χ4v) is 3.20. The fourth-order valence-electron chi connectivity index (χ4n) is 3.20. The van der Waals surface area contributed by atoms with Crippen molar-refractivity contribution in [1.82, 2.24) is 9.47 Å². The summed E-state index contributed by atoms with van der Waals surface area (Å²) >= 11 is 0. The molecule has 0 N–H and O–H groups in total. The van der Waals surface area contributed by atoms with Crippen molar-refractivity contribution in [3.63, 3.8) is 0 Å². The van der Waals surface area contributed by atoms with E-state index < -0.39 is 17.5 Å². The zero-order chi connectivity index (χ0) is 20.1. The van der Waals surface area contributed by atoms with E-state index in [0.717, 1.165) is 10.9 Å². The van der Waals surface area contributed by atoms with Gasteiger partial charge in [0.15, 0.2) is 11.6 Å². The molecule has 1 aromatic heterocycles. The summed E-state index contributed by atoms with van der Waals surface area (Å²) in [6.45, 7) is 5.31. The highest BCUT2D eigenvalue weighted by molar-refractivity contribution is 6.44. The topological polar surface area (TPSA) is 51.5 Å². The summed E-state index contributed by atoms with van der Waals surface area (Å²) in [6, 6.07) is 13.6. The molecule has 1 heterocycles. The number of para-hydroxylation sites is 2. The number of nitrogens with zero attached hydrogens (tertiary/aromatic N) is 2. The largest absolute Gasteiger partial charge is 0.489 e. The number of carbonyl (C=O) groups is 2. The number of fused-ring (bicyclic) bond motifs is 1. The number of hydrogen-bond donors (Lipinski definition) is 0. The Kier molecular flexibility index (Phi) is 6.09. The number of hydrogen-bond acceptors (Lipinski definition) is 3. The SMILES string of the molecule is CCN(CC)C(=O)C(=O)c1cn(CCOc2ccccc2F)c2ccccc12. The number of amides is 1. The zero-order valence-electron chi connectivity index (χ0n) is 16.0. The van der Waals surface area contributed by atoms with Crippen LogP contribution in [0.15, 0.2) is 54.7 Å². The van der Waals surface area contributed by atoms with Gasteiger partial charge < -0.3 is 14.2 Å². The Labute approximate surface area is 163 Å². The average Bonchev–Trinajstić information content (AvgIpc) is 3.08. The van der Waals surface area contributed by atoms with Crippen molar-refractivity contribution < 1.29 is 18.7 Å². The third-order valence-electron chi connectivity index (χ3n) is 4.70. The van der Waals surface area contributed by atoms with Gasteiger partial charge in [0.1, 0.15) is 6.61 Å². The fraction of sp³-hybridized carbons (Fsp3) is 0.273. The molecule has 0 saturated heterocycles. The standard InChI is InChI=1S/C22H23FN2O3/c1-3-24(4-2)22(27)21(26)17-15-25(19-11-7-5-9-16(17)19)13-14-28-20-12-8-6-10-18(20)23/h5-12,15H,3-4,13-14H2,1-2H3. The molecule has 146 valence electrons. The monoisotopic (exact) mass is 382 g/mol. The van der Waals surface area contributed by atoms with Crippen molar-refractivity contribution in [3.8, 4) is 5.75 Å². The number of rotatable bonds is 8. The quantitative estimate of drug-likeness (QED) is 0.438. The molecule has 0 aliphatic heterocycles. The third-order valence-corrected chi connectivity index (χ3v) is 4.70. The number of Topliss-reactive ketones (excluding diaryl/α,β-unsaturated/α-hetero) is 1. The van der Waals surface area contributed by atoms with Gasteiger partial charge in [0.2, 0.25) is 0 Å². The van der Waals surface area contributed by atoms with Crippen LogP contribution in [0.5, 0.6) is 5.75 Å². The first kappa shape index (κ1) is 19.6. The smallest absolute Gasteiger partial charge is 0.295 e. The van der Waals surface area contributed by atoms with Gasteiger partial charge in [-0.3, -0.25) is 9.59 Å². The molecule has 0 bridgehead atoms. The van der Waals surface area contributed by atoms with Gasteiger partial charge in [-0.15, -0.1) is 0 Å². The predicted octanol–water partition coefficient (Wildman–Crippen LogP) is 3.91. The number of likely N-dealkylation sites (N-methyl/N-ethyl adjacent to an activating group) is 1. The van der Waals surface area contributed by atoms with Crippen molar-refractivity contribution in [2.24, 2.45) is 0 Å². The second-order valence-corrected chi connectivity index (χ2v) is 6.34. The molecule has 0 saturated carbocycles. The molecule has 6 heteroatoms. The van der Waals surface area contributed by atoms with E-state index in [0.29, 0.717) is 25.2 Å². The first-order valence-corrected chi connectivity index (χ1v) is 9.35. The van der Waals surface area contributed by atoms with Crippen LogP contribution < -0.4 is 4.74 Å². The number of ketones is 1. The van der Waals surface area contributed by atoms with Crippen LogP contribution in [-0.4, -0.2) is 40.9 Å². The number of halogens is 1. The molecular formula is C22H23FN2O3. The number of carbonyl (C=O) groups excluding carboxylic acids is 2. The molecule has 1 amide bonds. The minimum Gasteiger partial charge on any atom is -0.489 e. The van der Waals surface area contributed by atoms with E-state index in [1.165, 1.54) is 11.0 Å². The maximum atomic E-state index is 13.7. The lowest BCUT2D eigenvalue weighted by molar-refractivity contribution is -0.126. The van der Waals surface area contributed by atoms with Gasteiger partial charge in [-0.05, 0) is 32.0 Å². The van der Waals surface area contributed by atoms with Crippen LogP contribution in [0, 0.1) is 5.82 Å². The summed E-state index contributed by atoms with van der Waals surface area (Å²) in [6.07, 6.45) is 1.68. The van der Waals surface area contributed by atoms with Crippen LogP contribution in [0.25, 0.3) is 10.9 Å². The highest BCUT2D eigenvalue weighted by Gasteiger charge is 2.24. The molecule has 0 spiro atoms. The Morgan fingerprint density at radius 2 is 1.71 bits per heavy atom. The van der Waals surface area contributed by atoms with Crippen molar-refractivity contribution in [3.05, 3.63) is 66.1 Å². The highest BCUT2D eigenvalue weighted by Crippen LogP contribution is 2.23. The lowest BCUT2D eigenvalue weighted by atomic mass is 10.1. The van der Waals surface area contributed by atoms with Gasteiger partial charge in [0.05, 0.1) is 12.1 Å². The molecule has 0 aliphatic rings. The lowest BCUT2D eigenvalue weighted by Gasteiger charge is -2.17.